The first-order valence-electron chi connectivity index (χ1n) is 13.9. The Morgan fingerprint density at radius 3 is 2.14 bits per heavy atom. The first kappa shape index (κ1) is 34.2. The molecule has 0 unspecified atom stereocenters. The number of hydrogen-bond acceptors (Lipinski definition) is 5. The molecule has 3 aromatic rings. The van der Waals surface area contributed by atoms with E-state index in [-0.39, 0.29) is 35.2 Å². The summed E-state index contributed by atoms with van der Waals surface area (Å²) in [6, 6.07) is 15.5. The van der Waals surface area contributed by atoms with Crippen molar-refractivity contribution in [2.24, 2.45) is 0 Å². The van der Waals surface area contributed by atoms with Gasteiger partial charge >= 0.3 is 0 Å². The third-order valence-corrected chi connectivity index (χ3v) is 9.09. The van der Waals surface area contributed by atoms with E-state index in [1.165, 1.54) is 24.1 Å². The van der Waals surface area contributed by atoms with Crippen LogP contribution in [0.15, 0.2) is 65.6 Å². The summed E-state index contributed by atoms with van der Waals surface area (Å²) in [4.78, 5) is 29.2. The highest BCUT2D eigenvalue weighted by molar-refractivity contribution is 7.92. The van der Waals surface area contributed by atoms with E-state index in [1.54, 1.807) is 55.5 Å². The Morgan fingerprint density at radius 2 is 1.58 bits per heavy atom. The number of ether oxygens (including phenoxy) is 1. The summed E-state index contributed by atoms with van der Waals surface area (Å²) in [6.07, 6.45) is 0.275. The fourth-order valence-electron chi connectivity index (χ4n) is 4.55. The summed E-state index contributed by atoms with van der Waals surface area (Å²) in [5.74, 6) is -0.686. The van der Waals surface area contributed by atoms with Gasteiger partial charge in [-0.05, 0) is 88.6 Å². The molecule has 0 aliphatic rings. The number of nitrogens with one attached hydrogen (secondary N) is 1. The van der Waals surface area contributed by atoms with Crippen LogP contribution < -0.4 is 14.4 Å². The fourth-order valence-corrected chi connectivity index (χ4v) is 6.44. The van der Waals surface area contributed by atoms with Crippen LogP contribution in [-0.4, -0.2) is 50.4 Å². The molecule has 1 N–H and O–H groups in total. The van der Waals surface area contributed by atoms with Gasteiger partial charge in [0.2, 0.25) is 11.8 Å². The number of rotatable bonds is 11. The van der Waals surface area contributed by atoms with E-state index >= 15 is 0 Å². The maximum atomic E-state index is 14.3. The molecule has 0 aliphatic heterocycles. The third kappa shape index (κ3) is 8.65. The van der Waals surface area contributed by atoms with E-state index in [1.807, 2.05) is 34.6 Å². The van der Waals surface area contributed by atoms with Crippen LogP contribution in [0.3, 0.4) is 0 Å². The van der Waals surface area contributed by atoms with Gasteiger partial charge in [0.1, 0.15) is 18.3 Å². The first-order valence-corrected chi connectivity index (χ1v) is 16.1. The maximum Gasteiger partial charge on any atom is 0.264 e. The van der Waals surface area contributed by atoms with Gasteiger partial charge in [-0.15, -0.1) is 0 Å². The Morgan fingerprint density at radius 1 is 0.953 bits per heavy atom. The number of aryl methyl sites for hydroxylation is 2. The summed E-state index contributed by atoms with van der Waals surface area (Å²) in [5, 5.41) is 3.69. The zero-order valence-corrected chi connectivity index (χ0v) is 27.9. The molecule has 0 saturated heterocycles. The number of nitrogens with zero attached hydrogens (tertiary/aromatic N) is 2. The fraction of sp³-hybridized carbons (Fsp3) is 0.375. The molecule has 232 valence electrons. The molecule has 1 atom stereocenters. The monoisotopic (exact) mass is 647 g/mol. The van der Waals surface area contributed by atoms with Gasteiger partial charge in [0, 0.05) is 22.1 Å². The zero-order valence-electron chi connectivity index (χ0n) is 25.6. The molecule has 0 spiro atoms. The highest BCUT2D eigenvalue weighted by atomic mass is 35.5. The van der Waals surface area contributed by atoms with Crippen molar-refractivity contribution >= 4 is 50.7 Å². The maximum absolute atomic E-state index is 14.3. The predicted molar refractivity (Wildman–Crippen MR) is 172 cm³/mol. The summed E-state index contributed by atoms with van der Waals surface area (Å²) in [7, 11) is -2.82. The number of amides is 2. The Kier molecular flexibility index (Phi) is 11.2. The Bertz CT molecular complexity index is 1570. The SMILES string of the molecule is CC[C@H](C(=O)NC(C)(C)C)N(Cc1ccc(Cl)cc1Cl)C(=O)CN(c1cc(C)ccc1OC)S(=O)(=O)c1ccc(C)cc1. The van der Waals surface area contributed by atoms with Crippen molar-refractivity contribution < 1.29 is 22.7 Å². The molecular weight excluding hydrogens is 609 g/mol. The van der Waals surface area contributed by atoms with E-state index in [0.717, 1.165) is 15.4 Å². The lowest BCUT2D eigenvalue weighted by atomic mass is 10.1. The Hall–Kier alpha value is -3.27. The second-order valence-electron chi connectivity index (χ2n) is 11.4. The van der Waals surface area contributed by atoms with Crippen molar-refractivity contribution in [3.63, 3.8) is 0 Å². The lowest BCUT2D eigenvalue weighted by molar-refractivity contribution is -0.141. The van der Waals surface area contributed by atoms with Crippen molar-refractivity contribution in [2.75, 3.05) is 18.0 Å². The molecule has 43 heavy (non-hydrogen) atoms. The second-order valence-corrected chi connectivity index (χ2v) is 14.1. The molecule has 11 heteroatoms. The standard InChI is InChI=1S/C32H39Cl2N3O5S/c1-8-27(31(39)35-32(4,5)6)36(19-23-12-13-24(33)18-26(23)34)30(38)20-37(28-17-22(3)11-16-29(28)42-7)43(40,41)25-14-9-21(2)10-15-25/h9-18,27H,8,19-20H2,1-7H3,(H,35,39)/t27-/m1/s1. The molecule has 3 aromatic carbocycles. The van der Waals surface area contributed by atoms with E-state index < -0.39 is 34.1 Å². The van der Waals surface area contributed by atoms with E-state index in [4.69, 9.17) is 27.9 Å². The lowest BCUT2D eigenvalue weighted by Gasteiger charge is -2.35. The van der Waals surface area contributed by atoms with E-state index in [9.17, 15) is 18.0 Å². The number of halogens is 2. The number of carbonyl (C=O) groups excluding carboxylic acids is 2. The number of carbonyl (C=O) groups is 2. The minimum absolute atomic E-state index is 0.0132. The number of anilines is 1. The number of benzene rings is 3. The largest absolute Gasteiger partial charge is 0.495 e. The van der Waals surface area contributed by atoms with Crippen LogP contribution in [0.2, 0.25) is 10.0 Å². The third-order valence-electron chi connectivity index (χ3n) is 6.73. The molecule has 0 heterocycles. The van der Waals surface area contributed by atoms with Crippen molar-refractivity contribution in [3.8, 4) is 5.75 Å². The van der Waals surface area contributed by atoms with Crippen LogP contribution >= 0.6 is 23.2 Å². The highest BCUT2D eigenvalue weighted by Crippen LogP contribution is 2.34. The van der Waals surface area contributed by atoms with Gasteiger partial charge in [-0.3, -0.25) is 13.9 Å². The normalized spacial score (nSPS) is 12.4. The molecule has 0 saturated carbocycles. The summed E-state index contributed by atoms with van der Waals surface area (Å²) in [5.41, 5.74) is 1.85. The van der Waals surface area contributed by atoms with Crippen molar-refractivity contribution in [2.45, 2.75) is 71.0 Å². The van der Waals surface area contributed by atoms with E-state index in [2.05, 4.69) is 5.32 Å². The van der Waals surface area contributed by atoms with Crippen LogP contribution in [0.25, 0.3) is 0 Å². The van der Waals surface area contributed by atoms with Gasteiger partial charge in [0.15, 0.2) is 0 Å². The van der Waals surface area contributed by atoms with Gasteiger partial charge in [-0.2, -0.15) is 0 Å². The Balaban J connectivity index is 2.17. The smallest absolute Gasteiger partial charge is 0.264 e. The molecule has 8 nitrogen and oxygen atoms in total. The predicted octanol–water partition coefficient (Wildman–Crippen LogP) is 6.54. The van der Waals surface area contributed by atoms with Crippen LogP contribution in [0.1, 0.15) is 50.8 Å². The van der Waals surface area contributed by atoms with Crippen LogP contribution in [-0.2, 0) is 26.2 Å². The summed E-state index contributed by atoms with van der Waals surface area (Å²) in [6.45, 7) is 10.4. The summed E-state index contributed by atoms with van der Waals surface area (Å²) >= 11 is 12.6. The van der Waals surface area contributed by atoms with E-state index in [0.29, 0.717) is 15.6 Å². The van der Waals surface area contributed by atoms with Crippen LogP contribution in [0.5, 0.6) is 5.75 Å². The zero-order chi connectivity index (χ0) is 32.1. The molecular formula is C32H39Cl2N3O5S. The molecule has 2 amide bonds. The molecule has 0 radical (unpaired) electrons. The first-order chi connectivity index (χ1) is 20.1. The number of methoxy groups -OCH3 is 1. The van der Waals surface area contributed by atoms with Crippen molar-refractivity contribution in [1.29, 1.82) is 0 Å². The molecule has 0 fully saturated rings. The van der Waals surface area contributed by atoms with Crippen LogP contribution in [0, 0.1) is 13.8 Å². The van der Waals surface area contributed by atoms with Gasteiger partial charge in [-0.25, -0.2) is 8.42 Å². The van der Waals surface area contributed by atoms with Crippen molar-refractivity contribution in [3.05, 3.63) is 87.4 Å². The summed E-state index contributed by atoms with van der Waals surface area (Å²) < 4.78 is 34.9. The Labute approximate surface area is 265 Å². The van der Waals surface area contributed by atoms with Gasteiger partial charge < -0.3 is 15.0 Å². The van der Waals surface area contributed by atoms with Crippen LogP contribution in [0.4, 0.5) is 5.69 Å². The van der Waals surface area contributed by atoms with Gasteiger partial charge in [0.05, 0.1) is 17.7 Å². The van der Waals surface area contributed by atoms with Crippen molar-refractivity contribution in [1.82, 2.24) is 10.2 Å². The second kappa shape index (κ2) is 14.0. The molecule has 3 rings (SSSR count). The number of sulfonamides is 1. The molecule has 0 aromatic heterocycles. The topological polar surface area (TPSA) is 96.0 Å². The average molecular weight is 649 g/mol. The van der Waals surface area contributed by atoms with Gasteiger partial charge in [0.25, 0.3) is 10.0 Å². The average Bonchev–Trinajstić information content (AvgIpc) is 2.91. The molecule has 0 bridgehead atoms. The van der Waals surface area contributed by atoms with Gasteiger partial charge in [-0.1, -0.05) is 60.0 Å². The highest BCUT2D eigenvalue weighted by Gasteiger charge is 2.35. The quantitative estimate of drug-likeness (QED) is 0.255. The molecule has 0 aliphatic carbocycles. The number of hydrogen-bond donors (Lipinski definition) is 1. The minimum atomic E-state index is -4.26. The minimum Gasteiger partial charge on any atom is -0.495 e. The lowest BCUT2D eigenvalue weighted by Crippen LogP contribution is -2.55.